The van der Waals surface area contributed by atoms with E-state index in [1.807, 2.05) is 54.6 Å². The molecule has 0 bridgehead atoms. The minimum Gasteiger partial charge on any atom is -0.491 e. The van der Waals surface area contributed by atoms with E-state index in [-0.39, 0.29) is 11.0 Å². The second-order valence-corrected chi connectivity index (χ2v) is 5.37. The molecule has 0 aromatic heterocycles. The molecule has 0 radical (unpaired) electrons. The number of carbonyl (C=O) groups excluding carboxylic acids is 1. The van der Waals surface area contributed by atoms with Crippen molar-refractivity contribution in [3.8, 4) is 5.75 Å². The largest absolute Gasteiger partial charge is 0.491 e. The van der Waals surface area contributed by atoms with Crippen molar-refractivity contribution in [1.82, 2.24) is 0 Å². The molecule has 1 heterocycles. The van der Waals surface area contributed by atoms with Gasteiger partial charge in [0.15, 0.2) is 5.78 Å². The van der Waals surface area contributed by atoms with Gasteiger partial charge in [0.25, 0.3) is 0 Å². The normalized spacial score (nSPS) is 18.0. The zero-order chi connectivity index (χ0) is 12.4. The molecule has 18 heavy (non-hydrogen) atoms. The zero-order valence-electron chi connectivity index (χ0n) is 9.71. The first-order valence-corrected chi connectivity index (χ1v) is 6.70. The number of hydrogen-bond acceptors (Lipinski definition) is 3. The van der Waals surface area contributed by atoms with Crippen molar-refractivity contribution < 1.29 is 9.53 Å². The lowest BCUT2D eigenvalue weighted by atomic mass is 10.1. The molecule has 0 amide bonds. The van der Waals surface area contributed by atoms with Crippen LogP contribution in [0.5, 0.6) is 5.75 Å². The van der Waals surface area contributed by atoms with Gasteiger partial charge in [0.1, 0.15) is 17.6 Å². The molecule has 0 aliphatic carbocycles. The molecule has 1 aliphatic heterocycles. The van der Waals surface area contributed by atoms with Crippen LogP contribution in [-0.2, 0) is 0 Å². The number of ether oxygens (including phenoxy) is 1. The standard InChI is InChI=1S/C15H12O2S/c16-15-12-8-4-5-9-13(12)17-10-14(15)18-11-6-2-1-3-7-11/h1-9,14H,10H2. The number of carbonyl (C=O) groups is 1. The first kappa shape index (κ1) is 11.4. The fourth-order valence-corrected chi connectivity index (χ4v) is 2.97. The lowest BCUT2D eigenvalue weighted by Crippen LogP contribution is -2.30. The number of ketones is 1. The summed E-state index contributed by atoms with van der Waals surface area (Å²) in [5.74, 6) is 0.859. The maximum absolute atomic E-state index is 12.3. The van der Waals surface area contributed by atoms with E-state index >= 15 is 0 Å². The Labute approximate surface area is 110 Å². The van der Waals surface area contributed by atoms with Crippen molar-refractivity contribution in [3.05, 3.63) is 60.2 Å². The quantitative estimate of drug-likeness (QED) is 0.823. The average Bonchev–Trinajstić information content (AvgIpc) is 2.43. The zero-order valence-corrected chi connectivity index (χ0v) is 10.5. The van der Waals surface area contributed by atoms with Crippen LogP contribution in [0.15, 0.2) is 59.5 Å². The highest BCUT2D eigenvalue weighted by Gasteiger charge is 2.29. The molecular weight excluding hydrogens is 244 g/mol. The molecule has 2 aromatic rings. The molecule has 1 aliphatic rings. The summed E-state index contributed by atoms with van der Waals surface area (Å²) in [6, 6.07) is 17.4. The number of fused-ring (bicyclic) bond motifs is 1. The monoisotopic (exact) mass is 256 g/mol. The Bertz CT molecular complexity index is 566. The maximum Gasteiger partial charge on any atom is 0.183 e. The predicted octanol–water partition coefficient (Wildman–Crippen LogP) is 3.42. The summed E-state index contributed by atoms with van der Waals surface area (Å²) in [7, 11) is 0. The van der Waals surface area contributed by atoms with Crippen molar-refractivity contribution in [2.24, 2.45) is 0 Å². The Morgan fingerprint density at radius 3 is 2.56 bits per heavy atom. The predicted molar refractivity (Wildman–Crippen MR) is 72.4 cm³/mol. The van der Waals surface area contributed by atoms with Gasteiger partial charge in [-0.15, -0.1) is 11.8 Å². The van der Waals surface area contributed by atoms with Crippen LogP contribution >= 0.6 is 11.8 Å². The molecule has 1 unspecified atom stereocenters. The number of rotatable bonds is 2. The fourth-order valence-electron chi connectivity index (χ4n) is 1.96. The molecule has 3 rings (SSSR count). The van der Waals surface area contributed by atoms with E-state index in [2.05, 4.69) is 0 Å². The second-order valence-electron chi connectivity index (χ2n) is 4.09. The lowest BCUT2D eigenvalue weighted by molar-refractivity contribution is 0.0943. The molecule has 90 valence electrons. The third-order valence-electron chi connectivity index (χ3n) is 2.86. The summed E-state index contributed by atoms with van der Waals surface area (Å²) in [6.45, 7) is 0.440. The average molecular weight is 256 g/mol. The van der Waals surface area contributed by atoms with Gasteiger partial charge in [0.2, 0.25) is 0 Å². The highest BCUT2D eigenvalue weighted by molar-refractivity contribution is 8.00. The van der Waals surface area contributed by atoms with Crippen LogP contribution in [0, 0.1) is 0 Å². The van der Waals surface area contributed by atoms with E-state index in [0.717, 1.165) is 4.90 Å². The smallest absolute Gasteiger partial charge is 0.183 e. The number of hydrogen-bond donors (Lipinski definition) is 0. The Balaban J connectivity index is 1.83. The van der Waals surface area contributed by atoms with Gasteiger partial charge in [0.05, 0.1) is 5.56 Å². The maximum atomic E-state index is 12.3. The van der Waals surface area contributed by atoms with E-state index < -0.39 is 0 Å². The van der Waals surface area contributed by atoms with Crippen LogP contribution in [0.3, 0.4) is 0 Å². The van der Waals surface area contributed by atoms with Crippen molar-refractivity contribution in [2.75, 3.05) is 6.61 Å². The van der Waals surface area contributed by atoms with Crippen LogP contribution in [0.25, 0.3) is 0 Å². The molecule has 2 aromatic carbocycles. The van der Waals surface area contributed by atoms with Crippen LogP contribution in [0.2, 0.25) is 0 Å². The molecule has 0 N–H and O–H groups in total. The number of para-hydroxylation sites is 1. The molecule has 0 saturated heterocycles. The number of thioether (sulfide) groups is 1. The Kier molecular flexibility index (Phi) is 3.07. The van der Waals surface area contributed by atoms with Gasteiger partial charge in [-0.1, -0.05) is 30.3 Å². The highest BCUT2D eigenvalue weighted by atomic mass is 32.2. The first-order chi connectivity index (χ1) is 8.84. The fraction of sp³-hybridized carbons (Fsp3) is 0.133. The molecular formula is C15H12O2S. The van der Waals surface area contributed by atoms with Gasteiger partial charge >= 0.3 is 0 Å². The van der Waals surface area contributed by atoms with Crippen molar-refractivity contribution >= 4 is 17.5 Å². The molecule has 0 spiro atoms. The Hall–Kier alpha value is -1.74. The first-order valence-electron chi connectivity index (χ1n) is 5.82. The highest BCUT2D eigenvalue weighted by Crippen LogP contribution is 2.32. The van der Waals surface area contributed by atoms with E-state index in [1.54, 1.807) is 11.8 Å². The van der Waals surface area contributed by atoms with Crippen molar-refractivity contribution in [3.63, 3.8) is 0 Å². The summed E-state index contributed by atoms with van der Waals surface area (Å²) in [6.07, 6.45) is 0. The van der Waals surface area contributed by atoms with Gasteiger partial charge in [-0.2, -0.15) is 0 Å². The molecule has 3 heteroatoms. The van der Waals surface area contributed by atoms with E-state index in [4.69, 9.17) is 4.74 Å². The molecule has 0 saturated carbocycles. The Morgan fingerprint density at radius 1 is 1.00 bits per heavy atom. The van der Waals surface area contributed by atoms with Gasteiger partial charge in [-0.05, 0) is 24.3 Å². The van der Waals surface area contributed by atoms with Crippen molar-refractivity contribution in [2.45, 2.75) is 10.1 Å². The van der Waals surface area contributed by atoms with Crippen LogP contribution in [0.1, 0.15) is 10.4 Å². The molecule has 2 nitrogen and oxygen atoms in total. The van der Waals surface area contributed by atoms with Gasteiger partial charge in [0, 0.05) is 4.90 Å². The number of Topliss-reactive ketones (excluding diaryl/α,β-unsaturated/α-hetero) is 1. The third kappa shape index (κ3) is 2.14. The summed E-state index contributed by atoms with van der Waals surface area (Å²) >= 11 is 1.56. The molecule has 0 fully saturated rings. The number of benzene rings is 2. The van der Waals surface area contributed by atoms with Gasteiger partial charge in [-0.25, -0.2) is 0 Å². The lowest BCUT2D eigenvalue weighted by Gasteiger charge is -2.23. The van der Waals surface area contributed by atoms with Gasteiger partial charge in [-0.3, -0.25) is 4.79 Å². The molecule has 1 atom stereocenters. The van der Waals surface area contributed by atoms with E-state index in [9.17, 15) is 4.79 Å². The minimum atomic E-state index is -0.151. The van der Waals surface area contributed by atoms with E-state index in [1.165, 1.54) is 0 Å². The van der Waals surface area contributed by atoms with E-state index in [0.29, 0.717) is 17.9 Å². The second kappa shape index (κ2) is 4.86. The summed E-state index contributed by atoms with van der Waals surface area (Å²) in [5.41, 5.74) is 0.692. The summed E-state index contributed by atoms with van der Waals surface area (Å²) in [5, 5.41) is -0.151. The van der Waals surface area contributed by atoms with Crippen LogP contribution in [-0.4, -0.2) is 17.6 Å². The van der Waals surface area contributed by atoms with Crippen LogP contribution in [0.4, 0.5) is 0 Å². The van der Waals surface area contributed by atoms with Gasteiger partial charge < -0.3 is 4.74 Å². The topological polar surface area (TPSA) is 26.3 Å². The minimum absolute atomic E-state index is 0.151. The Morgan fingerprint density at radius 2 is 1.72 bits per heavy atom. The SMILES string of the molecule is O=C1c2ccccc2OCC1Sc1ccccc1. The summed E-state index contributed by atoms with van der Waals surface area (Å²) < 4.78 is 5.64. The third-order valence-corrected chi connectivity index (χ3v) is 4.04. The van der Waals surface area contributed by atoms with Crippen molar-refractivity contribution in [1.29, 1.82) is 0 Å². The van der Waals surface area contributed by atoms with Crippen LogP contribution < -0.4 is 4.74 Å². The summed E-state index contributed by atoms with van der Waals surface area (Å²) in [4.78, 5) is 13.4.